The predicted octanol–water partition coefficient (Wildman–Crippen LogP) is 4.68. The molecule has 0 aromatic rings. The van der Waals surface area contributed by atoms with Gasteiger partial charge >= 0.3 is 0 Å². The number of allylic oxidation sites excluding steroid dienone is 1. The molecule has 2 heterocycles. The van der Waals surface area contributed by atoms with Gasteiger partial charge in [-0.15, -0.1) is 0 Å². The molecule has 0 amide bonds. The summed E-state index contributed by atoms with van der Waals surface area (Å²) >= 11 is 0. The fourth-order valence-electron chi connectivity index (χ4n) is 9.71. The van der Waals surface area contributed by atoms with Gasteiger partial charge in [0.05, 0.1) is 24.9 Å². The standard InChI is InChI=1S/C27H42O4/c1-15-7-10-27(30-14-15)16(2)24-23(31-27)12-20-18-6-5-17-11-21(28)22(29)13-26(17,4)19(18)8-9-25(20,24)3/h5,15-16,18-24,28-29H,6-14H2,1-4H3/t15?,16-,18?,19?,20?,21?,22?,23?,24?,25?,26?,27?/m1/s1. The summed E-state index contributed by atoms with van der Waals surface area (Å²) in [6.45, 7) is 10.5. The van der Waals surface area contributed by atoms with Crippen molar-refractivity contribution in [1.29, 1.82) is 0 Å². The summed E-state index contributed by atoms with van der Waals surface area (Å²) in [6.07, 6.45) is 10.1. The van der Waals surface area contributed by atoms with E-state index in [0.29, 0.717) is 53.4 Å². The molecule has 11 unspecified atom stereocenters. The number of aliphatic hydroxyl groups excluding tert-OH is 2. The molecule has 2 aliphatic heterocycles. The van der Waals surface area contributed by atoms with E-state index in [4.69, 9.17) is 9.47 Å². The van der Waals surface area contributed by atoms with E-state index in [0.717, 1.165) is 25.9 Å². The molecule has 2 N–H and O–H groups in total. The van der Waals surface area contributed by atoms with Gasteiger partial charge in [0.15, 0.2) is 5.79 Å². The maximum atomic E-state index is 10.5. The second-order valence-electron chi connectivity index (χ2n) is 12.8. The van der Waals surface area contributed by atoms with Gasteiger partial charge in [0, 0.05) is 12.3 Å². The van der Waals surface area contributed by atoms with Crippen molar-refractivity contribution in [2.24, 2.45) is 46.3 Å². The first-order valence-corrected chi connectivity index (χ1v) is 13.1. The molecule has 0 aromatic carbocycles. The van der Waals surface area contributed by atoms with E-state index in [1.54, 1.807) is 0 Å². The van der Waals surface area contributed by atoms with Crippen LogP contribution < -0.4 is 0 Å². The lowest BCUT2D eigenvalue weighted by Gasteiger charge is -2.59. The van der Waals surface area contributed by atoms with Gasteiger partial charge in [0.1, 0.15) is 0 Å². The summed E-state index contributed by atoms with van der Waals surface area (Å²) in [7, 11) is 0. The van der Waals surface area contributed by atoms with Crippen LogP contribution >= 0.6 is 0 Å². The monoisotopic (exact) mass is 430 g/mol. The molecule has 4 nitrogen and oxygen atoms in total. The Bertz CT molecular complexity index is 769. The van der Waals surface area contributed by atoms with E-state index in [9.17, 15) is 10.2 Å². The van der Waals surface area contributed by atoms with Crippen molar-refractivity contribution >= 4 is 0 Å². The first-order valence-electron chi connectivity index (χ1n) is 13.1. The topological polar surface area (TPSA) is 58.9 Å². The van der Waals surface area contributed by atoms with Crippen LogP contribution in [0.5, 0.6) is 0 Å². The van der Waals surface area contributed by atoms with Crippen LogP contribution in [-0.2, 0) is 9.47 Å². The van der Waals surface area contributed by atoms with Crippen LogP contribution in [0, 0.1) is 46.3 Å². The highest BCUT2D eigenvalue weighted by Crippen LogP contribution is 2.70. The third-order valence-corrected chi connectivity index (χ3v) is 11.4. The summed E-state index contributed by atoms with van der Waals surface area (Å²) in [4.78, 5) is 0. The van der Waals surface area contributed by atoms with Crippen LogP contribution in [0.3, 0.4) is 0 Å². The minimum Gasteiger partial charge on any atom is -0.390 e. The summed E-state index contributed by atoms with van der Waals surface area (Å²) in [5, 5.41) is 20.8. The third-order valence-electron chi connectivity index (χ3n) is 11.4. The lowest BCUT2D eigenvalue weighted by atomic mass is 9.46. The van der Waals surface area contributed by atoms with Crippen molar-refractivity contribution < 1.29 is 19.7 Å². The Morgan fingerprint density at radius 1 is 1.03 bits per heavy atom. The summed E-state index contributed by atoms with van der Waals surface area (Å²) in [6, 6.07) is 0. The maximum Gasteiger partial charge on any atom is 0.171 e. The Morgan fingerprint density at radius 3 is 2.58 bits per heavy atom. The Labute approximate surface area is 187 Å². The van der Waals surface area contributed by atoms with Crippen molar-refractivity contribution in [2.75, 3.05) is 6.61 Å². The molecule has 0 radical (unpaired) electrons. The molecule has 0 bridgehead atoms. The molecule has 12 atom stereocenters. The zero-order valence-corrected chi connectivity index (χ0v) is 19.8. The van der Waals surface area contributed by atoms with Crippen molar-refractivity contribution in [3.05, 3.63) is 11.6 Å². The van der Waals surface area contributed by atoms with Crippen LogP contribution in [0.25, 0.3) is 0 Å². The van der Waals surface area contributed by atoms with Gasteiger partial charge in [0.2, 0.25) is 0 Å². The molecule has 31 heavy (non-hydrogen) atoms. The summed E-state index contributed by atoms with van der Waals surface area (Å²) < 4.78 is 13.3. The Morgan fingerprint density at radius 2 is 1.84 bits per heavy atom. The maximum absolute atomic E-state index is 10.5. The fraction of sp³-hybridized carbons (Fsp3) is 0.926. The van der Waals surface area contributed by atoms with Gasteiger partial charge in [-0.25, -0.2) is 0 Å². The minimum atomic E-state index is -0.584. The second kappa shape index (κ2) is 6.81. The lowest BCUT2D eigenvalue weighted by Crippen LogP contribution is -2.54. The van der Waals surface area contributed by atoms with Crippen molar-refractivity contribution in [3.8, 4) is 0 Å². The smallest absolute Gasteiger partial charge is 0.171 e. The third kappa shape index (κ3) is 2.74. The number of ether oxygens (including phenoxy) is 2. The zero-order chi connectivity index (χ0) is 21.8. The predicted molar refractivity (Wildman–Crippen MR) is 119 cm³/mol. The Hall–Kier alpha value is -0.420. The average molecular weight is 431 g/mol. The van der Waals surface area contributed by atoms with Crippen LogP contribution in [0.4, 0.5) is 0 Å². The van der Waals surface area contributed by atoms with Gasteiger partial charge in [-0.3, -0.25) is 0 Å². The van der Waals surface area contributed by atoms with Gasteiger partial charge < -0.3 is 19.7 Å². The molecule has 2 saturated heterocycles. The molecule has 4 aliphatic carbocycles. The average Bonchev–Trinajstić information content (AvgIpc) is 3.16. The SMILES string of the molecule is CC1CCC2(OC1)OC1CC3C4CC=C5CC(O)C(O)CC5(C)C4CCC3(C)C1[C@H]2C. The quantitative estimate of drug-likeness (QED) is 0.548. The van der Waals surface area contributed by atoms with Gasteiger partial charge in [-0.1, -0.05) is 39.3 Å². The fourth-order valence-corrected chi connectivity index (χ4v) is 9.71. The highest BCUT2D eigenvalue weighted by atomic mass is 16.7. The normalized spacial score (nSPS) is 60.7. The van der Waals surface area contributed by atoms with E-state index in [1.807, 2.05) is 0 Å². The van der Waals surface area contributed by atoms with Crippen molar-refractivity contribution in [2.45, 2.75) is 103 Å². The van der Waals surface area contributed by atoms with Crippen LogP contribution in [0.2, 0.25) is 0 Å². The van der Waals surface area contributed by atoms with Crippen LogP contribution in [0.1, 0.15) is 79.1 Å². The van der Waals surface area contributed by atoms with Crippen molar-refractivity contribution in [3.63, 3.8) is 0 Å². The number of fused-ring (bicyclic) bond motifs is 7. The largest absolute Gasteiger partial charge is 0.390 e. The highest BCUT2D eigenvalue weighted by Gasteiger charge is 2.68. The lowest BCUT2D eigenvalue weighted by molar-refractivity contribution is -0.272. The number of rotatable bonds is 0. The molecular weight excluding hydrogens is 388 g/mol. The Balaban J connectivity index is 1.28. The second-order valence-corrected chi connectivity index (χ2v) is 12.8. The molecule has 6 rings (SSSR count). The number of hydrogen-bond donors (Lipinski definition) is 2. The molecule has 1 spiro atoms. The van der Waals surface area contributed by atoms with E-state index >= 15 is 0 Å². The molecule has 6 aliphatic rings. The first-order chi connectivity index (χ1) is 14.7. The number of aliphatic hydroxyl groups is 2. The highest BCUT2D eigenvalue weighted by molar-refractivity contribution is 5.27. The Kier molecular flexibility index (Phi) is 4.64. The number of hydrogen-bond acceptors (Lipinski definition) is 4. The molecular formula is C27H42O4. The summed E-state index contributed by atoms with van der Waals surface area (Å²) in [5.74, 6) is 3.39. The minimum absolute atomic E-state index is 0.0525. The van der Waals surface area contributed by atoms with E-state index in [-0.39, 0.29) is 11.2 Å². The molecule has 0 aromatic heterocycles. The van der Waals surface area contributed by atoms with E-state index in [1.165, 1.54) is 31.3 Å². The van der Waals surface area contributed by atoms with Crippen molar-refractivity contribution in [1.82, 2.24) is 0 Å². The van der Waals surface area contributed by atoms with Crippen LogP contribution in [-0.4, -0.2) is 40.9 Å². The molecule has 174 valence electrons. The molecule has 3 saturated carbocycles. The zero-order valence-electron chi connectivity index (χ0n) is 19.8. The van der Waals surface area contributed by atoms with E-state index in [2.05, 4.69) is 33.8 Å². The molecule has 4 heteroatoms. The van der Waals surface area contributed by atoms with Crippen LogP contribution in [0.15, 0.2) is 11.6 Å². The van der Waals surface area contributed by atoms with E-state index < -0.39 is 12.2 Å². The van der Waals surface area contributed by atoms with Gasteiger partial charge in [-0.05, 0) is 85.4 Å². The first kappa shape index (κ1) is 21.1. The molecule has 5 fully saturated rings. The van der Waals surface area contributed by atoms with Gasteiger partial charge in [-0.2, -0.15) is 0 Å². The summed E-state index contributed by atoms with van der Waals surface area (Å²) in [5.41, 5.74) is 1.80. The van der Waals surface area contributed by atoms with Gasteiger partial charge in [0.25, 0.3) is 0 Å².